The minimum atomic E-state index is -0.930. The zero-order valence-corrected chi connectivity index (χ0v) is 12.6. The number of para-hydroxylation sites is 1. The van der Waals surface area contributed by atoms with Gasteiger partial charge in [-0.15, -0.1) is 0 Å². The van der Waals surface area contributed by atoms with Crippen LogP contribution in [0.4, 0.5) is 20.2 Å². The van der Waals surface area contributed by atoms with Gasteiger partial charge in [-0.25, -0.2) is 8.78 Å². The molecule has 2 aromatic carbocycles. The summed E-state index contributed by atoms with van der Waals surface area (Å²) in [5.41, 5.74) is 5.14. The van der Waals surface area contributed by atoms with E-state index in [0.29, 0.717) is 5.52 Å². The Balaban J connectivity index is 2.13. The molecule has 0 unspecified atom stereocenters. The van der Waals surface area contributed by atoms with Crippen LogP contribution >= 0.6 is 0 Å². The topological polar surface area (TPSA) is 77.1 Å². The van der Waals surface area contributed by atoms with Crippen molar-refractivity contribution in [3.63, 3.8) is 0 Å². The van der Waals surface area contributed by atoms with Gasteiger partial charge in [0.2, 0.25) is 5.43 Å². The summed E-state index contributed by atoms with van der Waals surface area (Å²) in [5, 5.41) is 2.29. The highest BCUT2D eigenvalue weighted by atomic mass is 19.1. The third kappa shape index (κ3) is 2.50. The number of fused-ring (bicyclic) bond motifs is 1. The molecule has 1 aromatic heterocycles. The Morgan fingerprint density at radius 2 is 1.75 bits per heavy atom. The molecule has 0 aliphatic rings. The summed E-state index contributed by atoms with van der Waals surface area (Å²) in [4.78, 5) is 24.9. The van der Waals surface area contributed by atoms with E-state index in [1.807, 2.05) is 0 Å². The molecule has 0 saturated carbocycles. The van der Waals surface area contributed by atoms with Gasteiger partial charge in [-0.3, -0.25) is 9.59 Å². The average molecular weight is 329 g/mol. The lowest BCUT2D eigenvalue weighted by atomic mass is 10.1. The van der Waals surface area contributed by atoms with Crippen molar-refractivity contribution in [3.8, 4) is 0 Å². The Hall–Kier alpha value is -3.22. The van der Waals surface area contributed by atoms with E-state index in [0.717, 1.165) is 12.1 Å². The molecule has 0 fully saturated rings. The Labute approximate surface area is 135 Å². The molecule has 0 aliphatic carbocycles. The van der Waals surface area contributed by atoms with E-state index in [1.165, 1.54) is 12.3 Å². The summed E-state index contributed by atoms with van der Waals surface area (Å²) in [6, 6.07) is 8.11. The monoisotopic (exact) mass is 329 g/mol. The van der Waals surface area contributed by atoms with Gasteiger partial charge in [0, 0.05) is 18.9 Å². The van der Waals surface area contributed by atoms with Crippen LogP contribution in [0.1, 0.15) is 10.4 Å². The van der Waals surface area contributed by atoms with Crippen molar-refractivity contribution >= 4 is 28.2 Å². The molecule has 0 saturated heterocycles. The minimum Gasteiger partial charge on any atom is -0.398 e. The number of nitrogens with one attached hydrogen (secondary N) is 1. The maximum absolute atomic E-state index is 13.7. The van der Waals surface area contributed by atoms with Crippen LogP contribution in [0.5, 0.6) is 0 Å². The number of pyridine rings is 1. The molecular weight excluding hydrogens is 316 g/mol. The first kappa shape index (κ1) is 15.7. The number of nitrogens with zero attached hydrogens (tertiary/aromatic N) is 1. The molecule has 0 radical (unpaired) electrons. The van der Waals surface area contributed by atoms with Crippen molar-refractivity contribution < 1.29 is 13.6 Å². The van der Waals surface area contributed by atoms with E-state index in [2.05, 4.69) is 5.32 Å². The predicted octanol–water partition coefficient (Wildman–Crippen LogP) is 2.65. The van der Waals surface area contributed by atoms with E-state index in [-0.39, 0.29) is 16.6 Å². The number of nitrogens with two attached hydrogens (primary N) is 1. The van der Waals surface area contributed by atoms with Gasteiger partial charge in [0.05, 0.1) is 10.9 Å². The fourth-order valence-corrected chi connectivity index (χ4v) is 2.52. The van der Waals surface area contributed by atoms with Gasteiger partial charge in [-0.1, -0.05) is 12.1 Å². The normalized spacial score (nSPS) is 10.8. The zero-order chi connectivity index (χ0) is 17.4. The predicted molar refractivity (Wildman–Crippen MR) is 87.9 cm³/mol. The molecule has 0 spiro atoms. The SMILES string of the molecule is Cn1cc(C(=O)Nc2c(F)cccc2F)c(=O)c2c(N)cccc21. The summed E-state index contributed by atoms with van der Waals surface area (Å²) in [6.07, 6.45) is 1.30. The first-order valence-corrected chi connectivity index (χ1v) is 7.03. The number of carbonyl (C=O) groups excluding carboxylic acids is 1. The van der Waals surface area contributed by atoms with Gasteiger partial charge in [0.15, 0.2) is 0 Å². The minimum absolute atomic E-state index is 0.182. The molecule has 122 valence electrons. The number of hydrogen-bond acceptors (Lipinski definition) is 3. The highest BCUT2D eigenvalue weighted by molar-refractivity contribution is 6.07. The lowest BCUT2D eigenvalue weighted by molar-refractivity contribution is 0.102. The third-order valence-electron chi connectivity index (χ3n) is 3.70. The van der Waals surface area contributed by atoms with Crippen molar-refractivity contribution in [2.24, 2.45) is 7.05 Å². The summed E-state index contributed by atoms with van der Waals surface area (Å²) in [7, 11) is 1.64. The Morgan fingerprint density at radius 1 is 1.12 bits per heavy atom. The molecule has 1 heterocycles. The van der Waals surface area contributed by atoms with Crippen molar-refractivity contribution in [2.75, 3.05) is 11.1 Å². The number of anilines is 2. The molecule has 1 amide bonds. The highest BCUT2D eigenvalue weighted by Crippen LogP contribution is 2.20. The Bertz CT molecular complexity index is 1010. The Morgan fingerprint density at radius 3 is 2.42 bits per heavy atom. The molecule has 7 heteroatoms. The van der Waals surface area contributed by atoms with Crippen LogP contribution in [0, 0.1) is 11.6 Å². The third-order valence-corrected chi connectivity index (χ3v) is 3.70. The van der Waals surface area contributed by atoms with Crippen LogP contribution in [0.3, 0.4) is 0 Å². The molecule has 0 atom stereocenters. The molecule has 3 aromatic rings. The number of aromatic nitrogens is 1. The van der Waals surface area contributed by atoms with Gasteiger partial charge in [0.25, 0.3) is 5.91 Å². The fourth-order valence-electron chi connectivity index (χ4n) is 2.52. The molecule has 0 bridgehead atoms. The van der Waals surface area contributed by atoms with E-state index in [9.17, 15) is 18.4 Å². The quantitative estimate of drug-likeness (QED) is 0.710. The zero-order valence-electron chi connectivity index (χ0n) is 12.6. The highest BCUT2D eigenvalue weighted by Gasteiger charge is 2.19. The lowest BCUT2D eigenvalue weighted by Crippen LogP contribution is -2.24. The number of aryl methyl sites for hydroxylation is 1. The van der Waals surface area contributed by atoms with E-state index >= 15 is 0 Å². The van der Waals surface area contributed by atoms with E-state index < -0.39 is 28.7 Å². The molecule has 24 heavy (non-hydrogen) atoms. The molecule has 0 aliphatic heterocycles. The van der Waals surface area contributed by atoms with Gasteiger partial charge < -0.3 is 15.6 Å². The summed E-state index contributed by atoms with van der Waals surface area (Å²) >= 11 is 0. The second kappa shape index (κ2) is 5.77. The largest absolute Gasteiger partial charge is 0.398 e. The maximum Gasteiger partial charge on any atom is 0.261 e. The summed E-state index contributed by atoms with van der Waals surface area (Å²) in [6.45, 7) is 0. The van der Waals surface area contributed by atoms with Crippen LogP contribution < -0.4 is 16.5 Å². The van der Waals surface area contributed by atoms with Crippen molar-refractivity contribution in [3.05, 3.63) is 70.0 Å². The molecule has 3 rings (SSSR count). The number of nitrogen functional groups attached to an aromatic ring is 1. The fraction of sp³-hybridized carbons (Fsp3) is 0.0588. The maximum atomic E-state index is 13.7. The van der Waals surface area contributed by atoms with Crippen LogP contribution in [-0.2, 0) is 7.05 Å². The number of carbonyl (C=O) groups is 1. The summed E-state index contributed by atoms with van der Waals surface area (Å²) < 4.78 is 28.9. The number of benzene rings is 2. The van der Waals surface area contributed by atoms with Gasteiger partial charge >= 0.3 is 0 Å². The van der Waals surface area contributed by atoms with Crippen molar-refractivity contribution in [1.82, 2.24) is 4.57 Å². The van der Waals surface area contributed by atoms with E-state index in [1.54, 1.807) is 29.8 Å². The van der Waals surface area contributed by atoms with Gasteiger partial charge in [0.1, 0.15) is 22.9 Å². The Kier molecular flexibility index (Phi) is 3.76. The number of amides is 1. The molecule has 3 N–H and O–H groups in total. The van der Waals surface area contributed by atoms with Gasteiger partial charge in [-0.05, 0) is 24.3 Å². The number of halogens is 2. The van der Waals surface area contributed by atoms with Crippen LogP contribution in [0.25, 0.3) is 10.9 Å². The smallest absolute Gasteiger partial charge is 0.261 e. The van der Waals surface area contributed by atoms with Crippen LogP contribution in [0.2, 0.25) is 0 Å². The summed E-state index contributed by atoms with van der Waals surface area (Å²) in [5.74, 6) is -2.77. The van der Waals surface area contributed by atoms with Crippen LogP contribution in [0.15, 0.2) is 47.4 Å². The van der Waals surface area contributed by atoms with E-state index in [4.69, 9.17) is 5.73 Å². The standard InChI is InChI=1S/C17H13F2N3O2/c1-22-8-9(16(23)14-12(20)6-3-7-13(14)22)17(24)21-15-10(18)4-2-5-11(15)19/h2-8H,20H2,1H3,(H,21,24). The average Bonchev–Trinajstić information content (AvgIpc) is 2.54. The van der Waals surface area contributed by atoms with Gasteiger partial charge in [-0.2, -0.15) is 0 Å². The molecule has 5 nitrogen and oxygen atoms in total. The second-order valence-corrected chi connectivity index (χ2v) is 5.27. The first-order valence-electron chi connectivity index (χ1n) is 7.03. The van der Waals surface area contributed by atoms with Crippen molar-refractivity contribution in [1.29, 1.82) is 0 Å². The number of rotatable bonds is 2. The van der Waals surface area contributed by atoms with Crippen LogP contribution in [-0.4, -0.2) is 10.5 Å². The second-order valence-electron chi connectivity index (χ2n) is 5.27. The first-order chi connectivity index (χ1) is 11.4. The number of hydrogen-bond donors (Lipinski definition) is 2. The lowest BCUT2D eigenvalue weighted by Gasteiger charge is -2.11. The molecular formula is C17H13F2N3O2. The van der Waals surface area contributed by atoms with Crippen molar-refractivity contribution in [2.45, 2.75) is 0 Å².